The lowest BCUT2D eigenvalue weighted by Crippen LogP contribution is -2.45. The van der Waals surface area contributed by atoms with E-state index in [4.69, 9.17) is 9.47 Å². The Kier molecular flexibility index (Phi) is 7.03. The zero-order valence-corrected chi connectivity index (χ0v) is 17.6. The highest BCUT2D eigenvalue weighted by Gasteiger charge is 2.32. The highest BCUT2D eigenvalue weighted by Crippen LogP contribution is 2.33. The summed E-state index contributed by atoms with van der Waals surface area (Å²) >= 11 is 0. The van der Waals surface area contributed by atoms with E-state index in [1.807, 2.05) is 12.1 Å². The van der Waals surface area contributed by atoms with E-state index in [1.165, 1.54) is 5.56 Å². The molecule has 168 valence electrons. The van der Waals surface area contributed by atoms with Crippen molar-refractivity contribution < 1.29 is 22.6 Å². The topological polar surface area (TPSA) is 83.9 Å². The number of ether oxygens (including phenoxy) is 2. The van der Waals surface area contributed by atoms with Crippen molar-refractivity contribution in [1.29, 1.82) is 0 Å². The van der Waals surface area contributed by atoms with Gasteiger partial charge >= 0.3 is 6.18 Å². The normalized spacial score (nSPS) is 14.1. The van der Waals surface area contributed by atoms with Gasteiger partial charge in [0.25, 0.3) is 0 Å². The Morgan fingerprint density at radius 1 is 1.16 bits per heavy atom. The molecule has 3 rings (SSSR count). The lowest BCUT2D eigenvalue weighted by atomic mass is 9.99. The maximum Gasteiger partial charge on any atom is 0.433 e. The molecule has 0 bridgehead atoms. The van der Waals surface area contributed by atoms with Crippen LogP contribution in [0.4, 0.5) is 19.1 Å². The number of fused-ring (bicyclic) bond motifs is 1. The Morgan fingerprint density at radius 2 is 1.87 bits per heavy atom. The van der Waals surface area contributed by atoms with E-state index in [0.29, 0.717) is 37.1 Å². The molecule has 0 aliphatic carbocycles. The first-order chi connectivity index (χ1) is 14.9. The molecule has 0 unspecified atom stereocenters. The van der Waals surface area contributed by atoms with Crippen molar-refractivity contribution in [3.8, 4) is 11.5 Å². The summed E-state index contributed by atoms with van der Waals surface area (Å²) in [6, 6.07) is 4.81. The summed E-state index contributed by atoms with van der Waals surface area (Å²) in [7, 11) is 4.91. The molecule has 1 aromatic heterocycles. The number of aromatic nitrogens is 2. The second-order valence-corrected chi connectivity index (χ2v) is 6.81. The molecule has 1 aromatic carbocycles. The maximum absolute atomic E-state index is 12.7. The van der Waals surface area contributed by atoms with Gasteiger partial charge in [0.1, 0.15) is 5.69 Å². The third-order valence-electron chi connectivity index (χ3n) is 4.87. The molecule has 1 aliphatic heterocycles. The summed E-state index contributed by atoms with van der Waals surface area (Å²) in [5.41, 5.74) is 1.35. The van der Waals surface area contributed by atoms with E-state index in [2.05, 4.69) is 30.5 Å². The summed E-state index contributed by atoms with van der Waals surface area (Å²) in [5.74, 6) is 2.02. The molecule has 0 amide bonds. The number of methoxy groups -OCH3 is 2. The number of halogens is 3. The third kappa shape index (κ3) is 5.47. The first kappa shape index (κ1) is 22.4. The van der Waals surface area contributed by atoms with Crippen molar-refractivity contribution in [3.63, 3.8) is 0 Å². The molecule has 31 heavy (non-hydrogen) atoms. The van der Waals surface area contributed by atoms with Crippen LogP contribution in [0.3, 0.4) is 0 Å². The zero-order chi connectivity index (χ0) is 22.4. The number of anilines is 1. The Labute approximate surface area is 178 Å². The molecule has 0 atom stereocenters. The average molecular weight is 438 g/mol. The van der Waals surface area contributed by atoms with Gasteiger partial charge in [-0.15, -0.1) is 0 Å². The Morgan fingerprint density at radius 3 is 2.52 bits per heavy atom. The van der Waals surface area contributed by atoms with Crippen LogP contribution in [-0.2, 0) is 19.1 Å². The minimum absolute atomic E-state index is 0.0699. The number of rotatable bonds is 6. The van der Waals surface area contributed by atoms with E-state index in [-0.39, 0.29) is 5.95 Å². The van der Waals surface area contributed by atoms with Gasteiger partial charge < -0.3 is 25.0 Å². The highest BCUT2D eigenvalue weighted by atomic mass is 19.4. The second kappa shape index (κ2) is 9.71. The summed E-state index contributed by atoms with van der Waals surface area (Å²) in [6.07, 6.45) is -2.59. The molecule has 2 heterocycles. The van der Waals surface area contributed by atoms with Gasteiger partial charge in [0, 0.05) is 39.4 Å². The number of aliphatic imine (C=N–C) groups is 1. The zero-order valence-electron chi connectivity index (χ0n) is 17.6. The van der Waals surface area contributed by atoms with Crippen LogP contribution < -0.4 is 20.1 Å². The lowest BCUT2D eigenvalue weighted by molar-refractivity contribution is -0.141. The van der Waals surface area contributed by atoms with E-state index in [0.717, 1.165) is 30.8 Å². The fourth-order valence-electron chi connectivity index (χ4n) is 3.35. The number of alkyl halides is 3. The molecule has 1 aliphatic rings. The van der Waals surface area contributed by atoms with Crippen LogP contribution in [-0.4, -0.2) is 61.7 Å². The van der Waals surface area contributed by atoms with Gasteiger partial charge in [-0.2, -0.15) is 13.2 Å². The van der Waals surface area contributed by atoms with Gasteiger partial charge in [-0.1, -0.05) is 0 Å². The van der Waals surface area contributed by atoms with Crippen molar-refractivity contribution in [2.45, 2.75) is 19.1 Å². The second-order valence-electron chi connectivity index (χ2n) is 6.81. The van der Waals surface area contributed by atoms with Gasteiger partial charge in [0.15, 0.2) is 17.5 Å². The van der Waals surface area contributed by atoms with Crippen molar-refractivity contribution in [1.82, 2.24) is 20.2 Å². The molecule has 0 fully saturated rings. The van der Waals surface area contributed by atoms with Crippen LogP contribution in [0.5, 0.6) is 11.5 Å². The number of benzene rings is 1. The van der Waals surface area contributed by atoms with E-state index in [9.17, 15) is 13.2 Å². The molecule has 2 N–H and O–H groups in total. The van der Waals surface area contributed by atoms with Crippen molar-refractivity contribution in [2.24, 2.45) is 4.99 Å². The predicted molar refractivity (Wildman–Crippen MR) is 111 cm³/mol. The van der Waals surface area contributed by atoms with Crippen LogP contribution in [0.1, 0.15) is 16.8 Å². The molecule has 0 saturated heterocycles. The van der Waals surface area contributed by atoms with Gasteiger partial charge in [0.2, 0.25) is 5.95 Å². The quantitative estimate of drug-likeness (QED) is 0.407. The third-order valence-corrected chi connectivity index (χ3v) is 4.87. The molecule has 11 heteroatoms. The Hall–Kier alpha value is -3.24. The van der Waals surface area contributed by atoms with Gasteiger partial charge in [-0.25, -0.2) is 9.97 Å². The van der Waals surface area contributed by atoms with Gasteiger partial charge in [-0.3, -0.25) is 4.99 Å². The average Bonchev–Trinajstić information content (AvgIpc) is 2.77. The summed E-state index contributed by atoms with van der Waals surface area (Å²) < 4.78 is 49.0. The number of nitrogens with one attached hydrogen (secondary N) is 2. The van der Waals surface area contributed by atoms with Gasteiger partial charge in [0.05, 0.1) is 14.2 Å². The molecule has 0 spiro atoms. The van der Waals surface area contributed by atoms with Crippen molar-refractivity contribution in [3.05, 3.63) is 41.2 Å². The first-order valence-corrected chi connectivity index (χ1v) is 9.69. The van der Waals surface area contributed by atoms with Crippen LogP contribution in [0, 0.1) is 0 Å². The molecule has 8 nitrogen and oxygen atoms in total. The molecule has 2 aromatic rings. The van der Waals surface area contributed by atoms with Crippen LogP contribution in [0.2, 0.25) is 0 Å². The Balaban J connectivity index is 1.56. The first-order valence-electron chi connectivity index (χ1n) is 9.69. The minimum Gasteiger partial charge on any atom is -0.493 e. The van der Waals surface area contributed by atoms with E-state index in [1.54, 1.807) is 21.3 Å². The lowest BCUT2D eigenvalue weighted by Gasteiger charge is -2.32. The Bertz CT molecular complexity index is 936. The molecule has 0 saturated carbocycles. The fourth-order valence-corrected chi connectivity index (χ4v) is 3.35. The molecular weight excluding hydrogens is 413 g/mol. The van der Waals surface area contributed by atoms with Gasteiger partial charge in [-0.05, 0) is 35.7 Å². The highest BCUT2D eigenvalue weighted by molar-refractivity contribution is 5.80. The van der Waals surface area contributed by atoms with Crippen LogP contribution in [0.25, 0.3) is 0 Å². The summed E-state index contributed by atoms with van der Waals surface area (Å²) in [6.45, 7) is 2.18. The summed E-state index contributed by atoms with van der Waals surface area (Å²) in [5, 5.41) is 6.01. The maximum atomic E-state index is 12.7. The van der Waals surface area contributed by atoms with Crippen molar-refractivity contribution in [2.75, 3.05) is 46.2 Å². The van der Waals surface area contributed by atoms with Crippen LogP contribution in [0.15, 0.2) is 29.4 Å². The standard InChI is InChI=1S/C20H25F3N6O2/c1-24-19(27-8-7-26-18-25-6-4-17(28-18)20(21,22)23)29-9-5-13-10-15(30-2)16(31-3)11-14(13)12-29/h4,6,10-11H,5,7-9,12H2,1-3H3,(H,24,27)(H,25,26,28). The fraction of sp³-hybridized carbons (Fsp3) is 0.450. The smallest absolute Gasteiger partial charge is 0.433 e. The SMILES string of the molecule is CN=C(NCCNc1nccc(C(F)(F)F)n1)N1CCc2cc(OC)c(OC)cc2C1. The van der Waals surface area contributed by atoms with Crippen LogP contribution >= 0.6 is 0 Å². The van der Waals surface area contributed by atoms with E-state index >= 15 is 0 Å². The minimum atomic E-state index is -4.50. The molecular formula is C20H25F3N6O2. The number of guanidine groups is 1. The number of nitrogens with zero attached hydrogens (tertiary/aromatic N) is 4. The number of hydrogen-bond donors (Lipinski definition) is 2. The number of hydrogen-bond acceptors (Lipinski definition) is 6. The molecule has 0 radical (unpaired) electrons. The predicted octanol–water partition coefficient (Wildman–Crippen LogP) is 2.56. The van der Waals surface area contributed by atoms with Crippen molar-refractivity contribution >= 4 is 11.9 Å². The monoisotopic (exact) mass is 438 g/mol. The van der Waals surface area contributed by atoms with E-state index < -0.39 is 11.9 Å². The summed E-state index contributed by atoms with van der Waals surface area (Å²) in [4.78, 5) is 13.7. The largest absolute Gasteiger partial charge is 0.493 e.